The van der Waals surface area contributed by atoms with Crippen LogP contribution in [0.5, 0.6) is 23.0 Å². The molecule has 0 spiro atoms. The number of carbonyl (C=O) groups is 2. The van der Waals surface area contributed by atoms with Crippen LogP contribution in [0.15, 0.2) is 34.8 Å². The number of amides is 3. The molecule has 8 nitrogen and oxygen atoms in total. The number of urea groups is 1. The highest BCUT2D eigenvalue weighted by atomic mass is 79.9. The first kappa shape index (κ1) is 17.2. The molecule has 144 valence electrons. The number of benzene rings is 2. The Balaban J connectivity index is 1.45. The maximum absolute atomic E-state index is 13.2. The molecule has 1 N–H and O–H groups in total. The Hall–Kier alpha value is -2.94. The summed E-state index contributed by atoms with van der Waals surface area (Å²) in [6, 6.07) is 8.29. The molecular weight excluding hydrogens is 432 g/mol. The molecule has 0 aliphatic carbocycles. The number of carbonyl (C=O) groups excluding carboxylic acids is 2. The minimum atomic E-state index is -1.19. The molecule has 0 aromatic heterocycles. The van der Waals surface area contributed by atoms with E-state index in [0.717, 1.165) is 10.0 Å². The van der Waals surface area contributed by atoms with Crippen LogP contribution in [0.25, 0.3) is 0 Å². The highest BCUT2D eigenvalue weighted by molar-refractivity contribution is 9.10. The van der Waals surface area contributed by atoms with E-state index in [-0.39, 0.29) is 26.0 Å². The van der Waals surface area contributed by atoms with Crippen molar-refractivity contribution in [2.45, 2.75) is 19.0 Å². The number of rotatable bonds is 3. The summed E-state index contributed by atoms with van der Waals surface area (Å²) in [5.74, 6) is 2.03. The third kappa shape index (κ3) is 2.50. The molecule has 0 unspecified atom stereocenters. The zero-order chi connectivity index (χ0) is 19.5. The number of hydrogen-bond donors (Lipinski definition) is 1. The summed E-state index contributed by atoms with van der Waals surface area (Å²) in [5.41, 5.74) is 0.172. The predicted octanol–water partition coefficient (Wildman–Crippen LogP) is 2.87. The minimum Gasteiger partial charge on any atom is -0.454 e. The topological polar surface area (TPSA) is 86.3 Å². The van der Waals surface area contributed by atoms with E-state index in [4.69, 9.17) is 18.9 Å². The van der Waals surface area contributed by atoms with Crippen LogP contribution in [0.3, 0.4) is 0 Å². The Morgan fingerprint density at radius 2 is 1.64 bits per heavy atom. The Kier molecular flexibility index (Phi) is 3.70. The van der Waals surface area contributed by atoms with Crippen LogP contribution < -0.4 is 24.3 Å². The smallest absolute Gasteiger partial charge is 0.325 e. The minimum absolute atomic E-state index is 0.0992. The number of ether oxygens (including phenoxy) is 4. The van der Waals surface area contributed by atoms with E-state index in [1.165, 1.54) is 4.90 Å². The fourth-order valence-corrected chi connectivity index (χ4v) is 3.94. The van der Waals surface area contributed by atoms with Gasteiger partial charge in [-0.2, -0.15) is 0 Å². The molecule has 0 bridgehead atoms. The van der Waals surface area contributed by atoms with Gasteiger partial charge in [0.1, 0.15) is 5.54 Å². The molecule has 28 heavy (non-hydrogen) atoms. The molecule has 2 aromatic carbocycles. The summed E-state index contributed by atoms with van der Waals surface area (Å²) in [6.07, 6.45) is 0. The van der Waals surface area contributed by atoms with Crippen molar-refractivity contribution in [2.24, 2.45) is 0 Å². The van der Waals surface area contributed by atoms with Gasteiger partial charge in [-0.3, -0.25) is 9.69 Å². The van der Waals surface area contributed by atoms with Gasteiger partial charge in [-0.15, -0.1) is 0 Å². The van der Waals surface area contributed by atoms with Crippen molar-refractivity contribution in [3.05, 3.63) is 45.9 Å². The lowest BCUT2D eigenvalue weighted by molar-refractivity contribution is -0.131. The van der Waals surface area contributed by atoms with Gasteiger partial charge in [0.05, 0.1) is 6.54 Å². The molecule has 0 radical (unpaired) electrons. The number of nitrogens with zero attached hydrogens (tertiary/aromatic N) is 1. The Labute approximate surface area is 168 Å². The molecule has 3 aliphatic rings. The maximum Gasteiger partial charge on any atom is 0.325 e. The third-order valence-corrected chi connectivity index (χ3v) is 5.83. The summed E-state index contributed by atoms with van der Waals surface area (Å²) in [6.45, 7) is 2.07. The van der Waals surface area contributed by atoms with Gasteiger partial charge in [0, 0.05) is 4.47 Å². The van der Waals surface area contributed by atoms with E-state index in [9.17, 15) is 9.59 Å². The number of fused-ring (bicyclic) bond motifs is 2. The van der Waals surface area contributed by atoms with Gasteiger partial charge in [-0.25, -0.2) is 4.79 Å². The third-order valence-electron chi connectivity index (χ3n) is 5.09. The van der Waals surface area contributed by atoms with Gasteiger partial charge in [-0.05, 0) is 42.3 Å². The van der Waals surface area contributed by atoms with E-state index in [1.807, 2.05) is 0 Å². The molecule has 9 heteroatoms. The van der Waals surface area contributed by atoms with Gasteiger partial charge in [0.2, 0.25) is 13.6 Å². The van der Waals surface area contributed by atoms with Crippen molar-refractivity contribution >= 4 is 27.9 Å². The number of imide groups is 1. The fourth-order valence-electron chi connectivity index (χ4n) is 3.49. The number of halogens is 1. The lowest BCUT2D eigenvalue weighted by Gasteiger charge is -2.22. The summed E-state index contributed by atoms with van der Waals surface area (Å²) in [5, 5.41) is 2.80. The SMILES string of the molecule is C[C@@]1(c2ccc3c(c2)OCO3)NC(=O)N(Cc2cc3c(cc2Br)OCO3)C1=O. The maximum atomic E-state index is 13.2. The van der Waals surface area contributed by atoms with E-state index in [2.05, 4.69) is 21.2 Å². The number of nitrogens with one attached hydrogen (secondary N) is 1. The average molecular weight is 447 g/mol. The molecule has 2 aromatic rings. The van der Waals surface area contributed by atoms with Crippen molar-refractivity contribution in [3.63, 3.8) is 0 Å². The van der Waals surface area contributed by atoms with E-state index < -0.39 is 11.6 Å². The molecule has 5 rings (SSSR count). The van der Waals surface area contributed by atoms with Crippen LogP contribution in [0.4, 0.5) is 4.79 Å². The fraction of sp³-hybridized carbons (Fsp3) is 0.263. The highest BCUT2D eigenvalue weighted by Crippen LogP contribution is 2.40. The lowest BCUT2D eigenvalue weighted by Crippen LogP contribution is -2.40. The van der Waals surface area contributed by atoms with Crippen LogP contribution in [-0.4, -0.2) is 30.4 Å². The van der Waals surface area contributed by atoms with Crippen LogP contribution >= 0.6 is 15.9 Å². The van der Waals surface area contributed by atoms with Crippen molar-refractivity contribution < 1.29 is 28.5 Å². The molecule has 1 fully saturated rings. The quantitative estimate of drug-likeness (QED) is 0.729. The molecular formula is C19H15BrN2O6. The predicted molar refractivity (Wildman–Crippen MR) is 99.3 cm³/mol. The Bertz CT molecular complexity index is 1030. The van der Waals surface area contributed by atoms with Crippen LogP contribution in [0.2, 0.25) is 0 Å². The normalized spacial score (nSPS) is 22.0. The standard InChI is InChI=1S/C19H15BrN2O6/c1-19(11-2-3-13-15(5-11)27-8-25-13)17(23)22(18(24)21-19)7-10-4-14-16(6-12(10)20)28-9-26-14/h2-6H,7-9H2,1H3,(H,21,24)/t19-/m0/s1. The zero-order valence-corrected chi connectivity index (χ0v) is 16.4. The van der Waals surface area contributed by atoms with Gasteiger partial charge in [0.25, 0.3) is 5.91 Å². The number of hydrogen-bond acceptors (Lipinski definition) is 6. The first-order valence-corrected chi connectivity index (χ1v) is 9.37. The first-order chi connectivity index (χ1) is 13.5. The Morgan fingerprint density at radius 1 is 1.00 bits per heavy atom. The highest BCUT2D eigenvalue weighted by Gasteiger charge is 2.49. The van der Waals surface area contributed by atoms with E-state index in [1.54, 1.807) is 37.3 Å². The van der Waals surface area contributed by atoms with Crippen molar-refractivity contribution in [3.8, 4) is 23.0 Å². The summed E-state index contributed by atoms with van der Waals surface area (Å²) in [4.78, 5) is 27.0. The van der Waals surface area contributed by atoms with Gasteiger partial charge in [-0.1, -0.05) is 22.0 Å². The molecule has 0 saturated carbocycles. The molecule has 1 saturated heterocycles. The molecule has 3 aliphatic heterocycles. The first-order valence-electron chi connectivity index (χ1n) is 8.58. The zero-order valence-electron chi connectivity index (χ0n) is 14.8. The van der Waals surface area contributed by atoms with Gasteiger partial charge in [0.15, 0.2) is 23.0 Å². The summed E-state index contributed by atoms with van der Waals surface area (Å²) in [7, 11) is 0. The van der Waals surface area contributed by atoms with E-state index >= 15 is 0 Å². The molecule has 3 heterocycles. The second kappa shape index (κ2) is 6.03. The van der Waals surface area contributed by atoms with Gasteiger partial charge < -0.3 is 24.3 Å². The van der Waals surface area contributed by atoms with E-state index in [0.29, 0.717) is 28.6 Å². The van der Waals surface area contributed by atoms with Crippen molar-refractivity contribution in [2.75, 3.05) is 13.6 Å². The monoisotopic (exact) mass is 446 g/mol. The Morgan fingerprint density at radius 3 is 2.39 bits per heavy atom. The second-order valence-corrected chi connectivity index (χ2v) is 7.67. The second-order valence-electron chi connectivity index (χ2n) is 6.81. The van der Waals surface area contributed by atoms with Crippen molar-refractivity contribution in [1.29, 1.82) is 0 Å². The van der Waals surface area contributed by atoms with Crippen LogP contribution in [-0.2, 0) is 16.9 Å². The van der Waals surface area contributed by atoms with Crippen molar-refractivity contribution in [1.82, 2.24) is 10.2 Å². The van der Waals surface area contributed by atoms with Crippen LogP contribution in [0.1, 0.15) is 18.1 Å². The average Bonchev–Trinajstić information content (AvgIpc) is 3.37. The summed E-state index contributed by atoms with van der Waals surface area (Å²) >= 11 is 3.47. The summed E-state index contributed by atoms with van der Waals surface area (Å²) < 4.78 is 22.2. The lowest BCUT2D eigenvalue weighted by atomic mass is 9.91. The van der Waals surface area contributed by atoms with Gasteiger partial charge >= 0.3 is 6.03 Å². The van der Waals surface area contributed by atoms with Crippen LogP contribution in [0, 0.1) is 0 Å². The largest absolute Gasteiger partial charge is 0.454 e. The molecule has 1 atom stereocenters. The molecule has 3 amide bonds.